The Bertz CT molecular complexity index is 1050. The normalized spacial score (nSPS) is 10.6. The largest absolute Gasteiger partial charge is 0.397 e. The molecule has 0 saturated heterocycles. The van der Waals surface area contributed by atoms with Crippen molar-refractivity contribution in [3.8, 4) is 33.4 Å². The summed E-state index contributed by atoms with van der Waals surface area (Å²) in [7, 11) is 0. The van der Waals surface area contributed by atoms with E-state index in [-0.39, 0.29) is 0 Å². The van der Waals surface area contributed by atoms with Crippen molar-refractivity contribution in [1.82, 2.24) is 0 Å². The van der Waals surface area contributed by atoms with E-state index in [9.17, 15) is 0 Å². The second-order valence-corrected chi connectivity index (χ2v) is 6.34. The Kier molecular flexibility index (Phi) is 4.16. The van der Waals surface area contributed by atoms with Crippen LogP contribution in [0.4, 0.5) is 11.4 Å². The van der Waals surface area contributed by atoms with Crippen LogP contribution in [0.25, 0.3) is 33.4 Å². The molecule has 0 radical (unpaired) electrons. The fourth-order valence-corrected chi connectivity index (χ4v) is 3.21. The highest BCUT2D eigenvalue weighted by Gasteiger charge is 2.07. The third-order valence-electron chi connectivity index (χ3n) is 4.62. The lowest BCUT2D eigenvalue weighted by molar-refractivity contribution is 1.57. The van der Waals surface area contributed by atoms with Crippen molar-refractivity contribution in [2.24, 2.45) is 0 Å². The van der Waals surface area contributed by atoms with Crippen LogP contribution in [0.3, 0.4) is 0 Å². The van der Waals surface area contributed by atoms with Crippen LogP contribution < -0.4 is 11.5 Å². The summed E-state index contributed by atoms with van der Waals surface area (Å²) in [5.41, 5.74) is 20.2. The second kappa shape index (κ2) is 6.77. The molecule has 0 spiro atoms. The molecule has 0 aliphatic rings. The van der Waals surface area contributed by atoms with Crippen molar-refractivity contribution in [2.45, 2.75) is 0 Å². The average molecular weight is 336 g/mol. The lowest BCUT2D eigenvalue weighted by Gasteiger charge is -2.11. The minimum Gasteiger partial charge on any atom is -0.397 e. The van der Waals surface area contributed by atoms with Crippen LogP contribution in [0.15, 0.2) is 97.1 Å². The Balaban J connectivity index is 1.77. The van der Waals surface area contributed by atoms with Gasteiger partial charge in [-0.25, -0.2) is 0 Å². The van der Waals surface area contributed by atoms with Crippen LogP contribution in [0.1, 0.15) is 0 Å². The fraction of sp³-hybridized carbons (Fsp3) is 0. The molecule has 4 aromatic carbocycles. The Morgan fingerprint density at radius 1 is 0.423 bits per heavy atom. The highest BCUT2D eigenvalue weighted by molar-refractivity contribution is 5.86. The molecule has 0 bridgehead atoms. The first-order chi connectivity index (χ1) is 12.7. The number of anilines is 2. The molecule has 2 nitrogen and oxygen atoms in total. The van der Waals surface area contributed by atoms with E-state index in [0.717, 1.165) is 16.7 Å². The Morgan fingerprint density at radius 2 is 0.923 bits per heavy atom. The summed E-state index contributed by atoms with van der Waals surface area (Å²) < 4.78 is 0. The van der Waals surface area contributed by atoms with Gasteiger partial charge in [0.05, 0.1) is 11.4 Å². The second-order valence-electron chi connectivity index (χ2n) is 6.34. The van der Waals surface area contributed by atoms with Gasteiger partial charge in [0.25, 0.3) is 0 Å². The molecule has 26 heavy (non-hydrogen) atoms. The number of hydrogen-bond acceptors (Lipinski definition) is 2. The number of para-hydroxylation sites is 1. The molecule has 0 aromatic heterocycles. The Labute approximate surface area is 153 Å². The maximum absolute atomic E-state index is 6.18. The van der Waals surface area contributed by atoms with E-state index in [1.54, 1.807) is 0 Å². The zero-order valence-electron chi connectivity index (χ0n) is 14.4. The molecule has 126 valence electrons. The minimum atomic E-state index is 0.610. The maximum atomic E-state index is 6.18. The smallest absolute Gasteiger partial charge is 0.0627 e. The van der Waals surface area contributed by atoms with Crippen LogP contribution >= 0.6 is 0 Å². The van der Waals surface area contributed by atoms with Crippen molar-refractivity contribution in [3.63, 3.8) is 0 Å². The summed E-state index contributed by atoms with van der Waals surface area (Å²) in [5.74, 6) is 0. The van der Waals surface area contributed by atoms with E-state index < -0.39 is 0 Å². The van der Waals surface area contributed by atoms with Crippen LogP contribution in [0, 0.1) is 0 Å². The summed E-state index contributed by atoms with van der Waals surface area (Å²) in [6.45, 7) is 0. The van der Waals surface area contributed by atoms with Gasteiger partial charge >= 0.3 is 0 Å². The molecule has 0 atom stereocenters. The van der Waals surface area contributed by atoms with Crippen molar-refractivity contribution in [1.29, 1.82) is 0 Å². The first-order valence-corrected chi connectivity index (χ1v) is 8.62. The fourth-order valence-electron chi connectivity index (χ4n) is 3.21. The van der Waals surface area contributed by atoms with Crippen LogP contribution in [0.5, 0.6) is 0 Å². The van der Waals surface area contributed by atoms with Crippen LogP contribution in [-0.2, 0) is 0 Å². The summed E-state index contributed by atoms with van der Waals surface area (Å²) in [6.07, 6.45) is 0. The van der Waals surface area contributed by atoms with Crippen molar-refractivity contribution < 1.29 is 0 Å². The van der Waals surface area contributed by atoms with Gasteiger partial charge in [0.15, 0.2) is 0 Å². The van der Waals surface area contributed by atoms with Crippen LogP contribution in [-0.4, -0.2) is 0 Å². The highest BCUT2D eigenvalue weighted by Crippen LogP contribution is 2.33. The molecule has 0 fully saturated rings. The van der Waals surface area contributed by atoms with E-state index >= 15 is 0 Å². The molecule has 0 heterocycles. The third-order valence-corrected chi connectivity index (χ3v) is 4.62. The van der Waals surface area contributed by atoms with Gasteiger partial charge in [0, 0.05) is 5.56 Å². The zero-order valence-corrected chi connectivity index (χ0v) is 14.4. The van der Waals surface area contributed by atoms with Crippen molar-refractivity contribution >= 4 is 11.4 Å². The number of nitrogens with two attached hydrogens (primary N) is 2. The number of nitrogen functional groups attached to an aromatic ring is 2. The molecule has 4 aromatic rings. The average Bonchev–Trinajstić information content (AvgIpc) is 2.71. The van der Waals surface area contributed by atoms with Gasteiger partial charge in [-0.05, 0) is 46.0 Å². The quantitative estimate of drug-likeness (QED) is 0.461. The van der Waals surface area contributed by atoms with Gasteiger partial charge in [0.2, 0.25) is 0 Å². The minimum absolute atomic E-state index is 0.610. The van der Waals surface area contributed by atoms with E-state index in [1.165, 1.54) is 16.7 Å². The number of rotatable bonds is 3. The Hall–Kier alpha value is -3.52. The van der Waals surface area contributed by atoms with Gasteiger partial charge < -0.3 is 11.5 Å². The Morgan fingerprint density at radius 3 is 1.62 bits per heavy atom. The lowest BCUT2D eigenvalue weighted by Crippen LogP contribution is -1.96. The summed E-state index contributed by atoms with van der Waals surface area (Å²) in [6, 6.07) is 33.2. The maximum Gasteiger partial charge on any atom is 0.0627 e. The predicted octanol–water partition coefficient (Wildman–Crippen LogP) is 5.85. The van der Waals surface area contributed by atoms with Gasteiger partial charge in [-0.15, -0.1) is 0 Å². The molecule has 0 aliphatic heterocycles. The van der Waals surface area contributed by atoms with Crippen molar-refractivity contribution in [2.75, 3.05) is 11.5 Å². The first-order valence-electron chi connectivity index (χ1n) is 8.62. The topological polar surface area (TPSA) is 52.0 Å². The number of benzene rings is 4. The standard InChI is InChI=1S/C24H20N2/c25-23-14-6-13-22(24(23)26)21-12-5-11-20(16-21)19-10-4-9-18(15-19)17-7-2-1-3-8-17/h1-16H,25-26H2. The zero-order chi connectivity index (χ0) is 17.9. The van der Waals surface area contributed by atoms with Crippen LogP contribution in [0.2, 0.25) is 0 Å². The summed E-state index contributed by atoms with van der Waals surface area (Å²) in [4.78, 5) is 0. The van der Waals surface area contributed by atoms with Gasteiger partial charge in [0.1, 0.15) is 0 Å². The molecule has 0 unspecified atom stereocenters. The van der Waals surface area contributed by atoms with E-state index in [1.807, 2.05) is 24.3 Å². The first kappa shape index (κ1) is 16.0. The van der Waals surface area contributed by atoms with E-state index in [4.69, 9.17) is 11.5 Å². The predicted molar refractivity (Wildman–Crippen MR) is 112 cm³/mol. The highest BCUT2D eigenvalue weighted by atomic mass is 14.7. The van der Waals surface area contributed by atoms with Crippen molar-refractivity contribution in [3.05, 3.63) is 97.1 Å². The van der Waals surface area contributed by atoms with E-state index in [2.05, 4.69) is 72.8 Å². The molecular formula is C24H20N2. The monoisotopic (exact) mass is 336 g/mol. The van der Waals surface area contributed by atoms with Gasteiger partial charge in [-0.1, -0.05) is 78.9 Å². The molecule has 0 saturated carbocycles. The lowest BCUT2D eigenvalue weighted by atomic mass is 9.95. The van der Waals surface area contributed by atoms with Gasteiger partial charge in [-0.3, -0.25) is 0 Å². The van der Waals surface area contributed by atoms with E-state index in [0.29, 0.717) is 11.4 Å². The third kappa shape index (κ3) is 3.05. The molecule has 0 amide bonds. The number of hydrogen-bond donors (Lipinski definition) is 2. The summed E-state index contributed by atoms with van der Waals surface area (Å²) in [5, 5.41) is 0. The molecule has 4 N–H and O–H groups in total. The SMILES string of the molecule is Nc1cccc(-c2cccc(-c3cccc(-c4ccccc4)c3)c2)c1N. The summed E-state index contributed by atoms with van der Waals surface area (Å²) >= 11 is 0. The molecule has 0 aliphatic carbocycles. The molecule has 2 heteroatoms. The molecule has 4 rings (SSSR count). The molecular weight excluding hydrogens is 316 g/mol. The van der Waals surface area contributed by atoms with Gasteiger partial charge in [-0.2, -0.15) is 0 Å².